The van der Waals surface area contributed by atoms with Crippen LogP contribution in [0.3, 0.4) is 0 Å². The molecule has 3 heteroatoms. The summed E-state index contributed by atoms with van der Waals surface area (Å²) in [4.78, 5) is 0. The molecular weight excluding hydrogens is 162 g/mol. The minimum atomic E-state index is 0.424. The highest BCUT2D eigenvalue weighted by molar-refractivity contribution is 5.20. The number of nitrogens with two attached hydrogens (primary N) is 1. The molecule has 0 aliphatic heterocycles. The van der Waals surface area contributed by atoms with E-state index in [1.807, 2.05) is 17.9 Å². The SMILES string of the molecule is Cc1c(CC2(CN)CC2)cnn1C. The largest absolute Gasteiger partial charge is 0.330 e. The van der Waals surface area contributed by atoms with E-state index < -0.39 is 0 Å². The Hall–Kier alpha value is -0.830. The minimum Gasteiger partial charge on any atom is -0.330 e. The van der Waals surface area contributed by atoms with Crippen LogP contribution < -0.4 is 5.73 Å². The van der Waals surface area contributed by atoms with Crippen LogP contribution in [0.2, 0.25) is 0 Å². The van der Waals surface area contributed by atoms with E-state index in [4.69, 9.17) is 5.73 Å². The summed E-state index contributed by atoms with van der Waals surface area (Å²) in [6.07, 6.45) is 5.67. The first-order valence-electron chi connectivity index (χ1n) is 4.84. The molecule has 72 valence electrons. The fraction of sp³-hybridized carbons (Fsp3) is 0.700. The number of aromatic nitrogens is 2. The molecule has 2 rings (SSSR count). The van der Waals surface area contributed by atoms with Crippen molar-refractivity contribution < 1.29 is 0 Å². The third-order valence-electron chi connectivity index (χ3n) is 3.29. The van der Waals surface area contributed by atoms with Gasteiger partial charge in [0.1, 0.15) is 0 Å². The van der Waals surface area contributed by atoms with Gasteiger partial charge < -0.3 is 5.73 Å². The van der Waals surface area contributed by atoms with Crippen molar-refractivity contribution >= 4 is 0 Å². The maximum atomic E-state index is 5.75. The van der Waals surface area contributed by atoms with Gasteiger partial charge in [0.05, 0.1) is 6.20 Å². The molecule has 2 N–H and O–H groups in total. The van der Waals surface area contributed by atoms with Gasteiger partial charge in [-0.2, -0.15) is 5.10 Å². The van der Waals surface area contributed by atoms with Gasteiger partial charge in [-0.15, -0.1) is 0 Å². The van der Waals surface area contributed by atoms with Crippen molar-refractivity contribution in [3.8, 4) is 0 Å². The molecule has 3 nitrogen and oxygen atoms in total. The molecular formula is C10H17N3. The molecule has 0 amide bonds. The molecule has 13 heavy (non-hydrogen) atoms. The van der Waals surface area contributed by atoms with E-state index >= 15 is 0 Å². The van der Waals surface area contributed by atoms with E-state index in [0.29, 0.717) is 5.41 Å². The second kappa shape index (κ2) is 2.84. The molecule has 0 unspecified atom stereocenters. The zero-order valence-corrected chi connectivity index (χ0v) is 8.38. The van der Waals surface area contributed by atoms with Crippen molar-refractivity contribution in [1.82, 2.24) is 9.78 Å². The molecule has 1 heterocycles. The Bertz CT molecular complexity index is 310. The summed E-state index contributed by atoms with van der Waals surface area (Å²) in [6, 6.07) is 0. The van der Waals surface area contributed by atoms with Crippen LogP contribution in [0.15, 0.2) is 6.20 Å². The Morgan fingerprint density at radius 3 is 2.69 bits per heavy atom. The highest BCUT2D eigenvalue weighted by Crippen LogP contribution is 2.47. The van der Waals surface area contributed by atoms with Gasteiger partial charge in [-0.05, 0) is 43.7 Å². The van der Waals surface area contributed by atoms with Crippen molar-refractivity contribution in [2.45, 2.75) is 26.2 Å². The minimum absolute atomic E-state index is 0.424. The number of rotatable bonds is 3. The molecule has 1 aliphatic carbocycles. The van der Waals surface area contributed by atoms with Gasteiger partial charge in [-0.25, -0.2) is 0 Å². The first kappa shape index (κ1) is 8.75. The van der Waals surface area contributed by atoms with Gasteiger partial charge in [-0.3, -0.25) is 4.68 Å². The first-order valence-corrected chi connectivity index (χ1v) is 4.84. The Kier molecular flexibility index (Phi) is 1.91. The Morgan fingerprint density at radius 2 is 2.31 bits per heavy atom. The summed E-state index contributed by atoms with van der Waals surface area (Å²) in [5, 5.41) is 4.24. The van der Waals surface area contributed by atoms with E-state index in [1.54, 1.807) is 0 Å². The van der Waals surface area contributed by atoms with Crippen LogP contribution >= 0.6 is 0 Å². The molecule has 1 aromatic rings. The van der Waals surface area contributed by atoms with Crippen molar-refractivity contribution in [3.05, 3.63) is 17.5 Å². The molecule has 1 aromatic heterocycles. The average Bonchev–Trinajstić information content (AvgIpc) is 2.85. The summed E-state index contributed by atoms with van der Waals surface area (Å²) in [6.45, 7) is 2.94. The number of hydrogen-bond donors (Lipinski definition) is 1. The standard InChI is InChI=1S/C10H17N3/c1-8-9(6-12-13(8)2)5-10(7-11)3-4-10/h6H,3-5,7,11H2,1-2H3. The van der Waals surface area contributed by atoms with Crippen LogP contribution in [0.1, 0.15) is 24.1 Å². The number of aryl methyl sites for hydroxylation is 1. The number of hydrogen-bond acceptors (Lipinski definition) is 2. The zero-order chi connectivity index (χ0) is 9.47. The highest BCUT2D eigenvalue weighted by atomic mass is 15.3. The fourth-order valence-electron chi connectivity index (χ4n) is 1.75. The van der Waals surface area contributed by atoms with Crippen molar-refractivity contribution in [2.24, 2.45) is 18.2 Å². The first-order chi connectivity index (χ1) is 6.17. The third-order valence-corrected chi connectivity index (χ3v) is 3.29. The van der Waals surface area contributed by atoms with Crippen LogP contribution in [0, 0.1) is 12.3 Å². The zero-order valence-electron chi connectivity index (χ0n) is 8.38. The predicted molar refractivity (Wildman–Crippen MR) is 52.4 cm³/mol. The van der Waals surface area contributed by atoms with Crippen LogP contribution in [-0.4, -0.2) is 16.3 Å². The molecule has 0 spiro atoms. The molecule has 0 aromatic carbocycles. The van der Waals surface area contributed by atoms with Gasteiger partial charge in [0.15, 0.2) is 0 Å². The van der Waals surface area contributed by atoms with Crippen molar-refractivity contribution in [3.63, 3.8) is 0 Å². The van der Waals surface area contributed by atoms with Crippen LogP contribution in [0.25, 0.3) is 0 Å². The molecule has 1 fully saturated rings. The number of nitrogens with zero attached hydrogens (tertiary/aromatic N) is 2. The van der Waals surface area contributed by atoms with Gasteiger partial charge >= 0.3 is 0 Å². The van der Waals surface area contributed by atoms with Crippen LogP contribution in [0.4, 0.5) is 0 Å². The summed E-state index contributed by atoms with van der Waals surface area (Å²) >= 11 is 0. The third kappa shape index (κ3) is 1.48. The topological polar surface area (TPSA) is 43.8 Å². The van der Waals surface area contributed by atoms with Crippen molar-refractivity contribution in [1.29, 1.82) is 0 Å². The van der Waals surface area contributed by atoms with Crippen LogP contribution in [0.5, 0.6) is 0 Å². The lowest BCUT2D eigenvalue weighted by atomic mass is 9.97. The summed E-state index contributed by atoms with van der Waals surface area (Å²) in [7, 11) is 1.99. The predicted octanol–water partition coefficient (Wildman–Crippen LogP) is 1.01. The maximum absolute atomic E-state index is 5.75. The highest BCUT2D eigenvalue weighted by Gasteiger charge is 2.41. The summed E-state index contributed by atoms with van der Waals surface area (Å²) in [5.41, 5.74) is 8.81. The Labute approximate surface area is 78.9 Å². The van der Waals surface area contributed by atoms with Gasteiger partial charge in [-0.1, -0.05) is 0 Å². The van der Waals surface area contributed by atoms with E-state index in [-0.39, 0.29) is 0 Å². The molecule has 0 radical (unpaired) electrons. The van der Waals surface area contributed by atoms with Gasteiger partial charge in [0.2, 0.25) is 0 Å². The summed E-state index contributed by atoms with van der Waals surface area (Å²) in [5.74, 6) is 0. The lowest BCUT2D eigenvalue weighted by molar-refractivity contribution is 0.519. The fourth-order valence-corrected chi connectivity index (χ4v) is 1.75. The quantitative estimate of drug-likeness (QED) is 0.752. The normalized spacial score (nSPS) is 19.0. The van der Waals surface area contributed by atoms with Gasteiger partial charge in [0.25, 0.3) is 0 Å². The Balaban J connectivity index is 2.14. The van der Waals surface area contributed by atoms with Crippen molar-refractivity contribution in [2.75, 3.05) is 6.54 Å². The maximum Gasteiger partial charge on any atom is 0.0524 e. The van der Waals surface area contributed by atoms with Crippen LogP contribution in [-0.2, 0) is 13.5 Å². The Morgan fingerprint density at radius 1 is 1.62 bits per heavy atom. The van der Waals surface area contributed by atoms with E-state index in [0.717, 1.165) is 13.0 Å². The molecule has 1 saturated carbocycles. The molecule has 0 atom stereocenters. The lowest BCUT2D eigenvalue weighted by Gasteiger charge is -2.10. The lowest BCUT2D eigenvalue weighted by Crippen LogP contribution is -2.18. The molecule has 0 saturated heterocycles. The average molecular weight is 179 g/mol. The van der Waals surface area contributed by atoms with E-state index in [9.17, 15) is 0 Å². The molecule has 1 aliphatic rings. The second-order valence-electron chi connectivity index (χ2n) is 4.26. The molecule has 0 bridgehead atoms. The monoisotopic (exact) mass is 179 g/mol. The van der Waals surface area contributed by atoms with E-state index in [2.05, 4.69) is 12.0 Å². The van der Waals surface area contributed by atoms with Gasteiger partial charge in [0, 0.05) is 12.7 Å². The smallest absolute Gasteiger partial charge is 0.0524 e. The second-order valence-corrected chi connectivity index (χ2v) is 4.26. The summed E-state index contributed by atoms with van der Waals surface area (Å²) < 4.78 is 1.93. The van der Waals surface area contributed by atoms with E-state index in [1.165, 1.54) is 24.1 Å².